The monoisotopic (exact) mass is 453 g/mol. The Morgan fingerprint density at radius 2 is 2.03 bits per heavy atom. The zero-order chi connectivity index (χ0) is 21.0. The van der Waals surface area contributed by atoms with Gasteiger partial charge in [0.25, 0.3) is 5.91 Å². The molecule has 1 aliphatic rings. The molecular formula is C20H21Cl2N3O3S. The first-order valence-corrected chi connectivity index (χ1v) is 10.9. The number of benzene rings is 1. The molecule has 3 rings (SSSR count). The number of fused-ring (bicyclic) bond motifs is 1. The average molecular weight is 454 g/mol. The minimum atomic E-state index is -0.781. The molecule has 0 saturated heterocycles. The van der Waals surface area contributed by atoms with Crippen molar-refractivity contribution in [1.82, 2.24) is 15.5 Å². The fourth-order valence-corrected chi connectivity index (χ4v) is 4.36. The summed E-state index contributed by atoms with van der Waals surface area (Å²) in [6, 6.07) is 5.99. The lowest BCUT2D eigenvalue weighted by atomic mass is 10.1. The first kappa shape index (κ1) is 21.6. The Bertz CT molecular complexity index is 931. The van der Waals surface area contributed by atoms with Gasteiger partial charge in [0, 0.05) is 30.9 Å². The summed E-state index contributed by atoms with van der Waals surface area (Å²) in [6.45, 7) is 3.10. The van der Waals surface area contributed by atoms with Crippen molar-refractivity contribution in [1.29, 1.82) is 0 Å². The molecule has 0 aliphatic carbocycles. The van der Waals surface area contributed by atoms with Crippen molar-refractivity contribution in [3.8, 4) is 0 Å². The molecule has 6 nitrogen and oxygen atoms in total. The van der Waals surface area contributed by atoms with Gasteiger partial charge in [0.2, 0.25) is 11.8 Å². The van der Waals surface area contributed by atoms with E-state index in [1.807, 2.05) is 10.3 Å². The normalized spacial score (nSPS) is 14.1. The average Bonchev–Trinajstić information content (AvgIpc) is 3.17. The predicted molar refractivity (Wildman–Crippen MR) is 114 cm³/mol. The maximum atomic E-state index is 12.4. The van der Waals surface area contributed by atoms with Crippen LogP contribution in [0.25, 0.3) is 0 Å². The summed E-state index contributed by atoms with van der Waals surface area (Å²) in [5, 5.41) is 7.73. The standard InChI is InChI=1S/C20H21Cl2N3O3S/c1-12(24-20(28)14-3-2-4-15(21)18(14)22)19(27)23-8-5-17(26)25-9-6-16-13(11-25)7-10-29-16/h2-4,7,10,12H,5-6,8-9,11H2,1H3,(H,23,27)(H,24,28). The van der Waals surface area contributed by atoms with E-state index in [1.54, 1.807) is 30.4 Å². The third-order valence-electron chi connectivity index (χ3n) is 4.74. The van der Waals surface area contributed by atoms with Crippen molar-refractivity contribution in [3.05, 3.63) is 55.7 Å². The first-order valence-electron chi connectivity index (χ1n) is 9.22. The molecule has 0 bridgehead atoms. The number of thiophene rings is 1. The Balaban J connectivity index is 1.44. The van der Waals surface area contributed by atoms with E-state index in [4.69, 9.17) is 23.2 Å². The molecular weight excluding hydrogens is 433 g/mol. The van der Waals surface area contributed by atoms with E-state index in [1.165, 1.54) is 16.5 Å². The maximum Gasteiger partial charge on any atom is 0.253 e. The van der Waals surface area contributed by atoms with Gasteiger partial charge in [-0.2, -0.15) is 0 Å². The fourth-order valence-electron chi connectivity index (χ4n) is 3.08. The van der Waals surface area contributed by atoms with Gasteiger partial charge in [0.15, 0.2) is 0 Å². The number of carbonyl (C=O) groups excluding carboxylic acids is 3. The molecule has 0 radical (unpaired) electrons. The van der Waals surface area contributed by atoms with Crippen molar-refractivity contribution >= 4 is 52.3 Å². The van der Waals surface area contributed by atoms with Crippen LogP contribution in [0.3, 0.4) is 0 Å². The quantitative estimate of drug-likeness (QED) is 0.704. The number of hydrogen-bond acceptors (Lipinski definition) is 4. The maximum absolute atomic E-state index is 12.4. The van der Waals surface area contributed by atoms with Crippen LogP contribution in [0.15, 0.2) is 29.6 Å². The van der Waals surface area contributed by atoms with Crippen LogP contribution in [0.4, 0.5) is 0 Å². The molecule has 3 amide bonds. The van der Waals surface area contributed by atoms with E-state index < -0.39 is 11.9 Å². The number of hydrogen-bond donors (Lipinski definition) is 2. The molecule has 1 aromatic carbocycles. The van der Waals surface area contributed by atoms with E-state index in [0.29, 0.717) is 13.1 Å². The van der Waals surface area contributed by atoms with Crippen LogP contribution in [-0.4, -0.2) is 41.8 Å². The van der Waals surface area contributed by atoms with E-state index in [2.05, 4.69) is 16.7 Å². The van der Waals surface area contributed by atoms with Gasteiger partial charge in [-0.15, -0.1) is 11.3 Å². The highest BCUT2D eigenvalue weighted by Crippen LogP contribution is 2.25. The number of halogens is 2. The molecule has 29 heavy (non-hydrogen) atoms. The fraction of sp³-hybridized carbons (Fsp3) is 0.350. The first-order chi connectivity index (χ1) is 13.9. The zero-order valence-corrected chi connectivity index (χ0v) is 18.2. The van der Waals surface area contributed by atoms with Crippen LogP contribution in [0, 0.1) is 0 Å². The van der Waals surface area contributed by atoms with Gasteiger partial charge >= 0.3 is 0 Å². The lowest BCUT2D eigenvalue weighted by molar-refractivity contribution is -0.132. The third-order valence-corrected chi connectivity index (χ3v) is 6.58. The van der Waals surface area contributed by atoms with Gasteiger partial charge in [-0.25, -0.2) is 0 Å². The Hall–Kier alpha value is -2.09. The van der Waals surface area contributed by atoms with Gasteiger partial charge in [0.1, 0.15) is 6.04 Å². The molecule has 2 N–H and O–H groups in total. The molecule has 0 saturated carbocycles. The molecule has 154 valence electrons. The summed E-state index contributed by atoms with van der Waals surface area (Å²) in [7, 11) is 0. The van der Waals surface area contributed by atoms with E-state index in [0.717, 1.165) is 6.42 Å². The van der Waals surface area contributed by atoms with Crippen molar-refractivity contribution in [2.24, 2.45) is 0 Å². The summed E-state index contributed by atoms with van der Waals surface area (Å²) >= 11 is 13.7. The lowest BCUT2D eigenvalue weighted by Crippen LogP contribution is -2.46. The van der Waals surface area contributed by atoms with Gasteiger partial charge < -0.3 is 15.5 Å². The smallest absolute Gasteiger partial charge is 0.253 e. The Kier molecular flexibility index (Phi) is 7.16. The van der Waals surface area contributed by atoms with E-state index in [9.17, 15) is 14.4 Å². The molecule has 9 heteroatoms. The van der Waals surface area contributed by atoms with Gasteiger partial charge in [-0.3, -0.25) is 14.4 Å². The second kappa shape index (κ2) is 9.61. The molecule has 2 heterocycles. The van der Waals surface area contributed by atoms with Crippen molar-refractivity contribution in [2.75, 3.05) is 13.1 Å². The summed E-state index contributed by atoms with van der Waals surface area (Å²) in [5.74, 6) is -0.858. The van der Waals surface area contributed by atoms with E-state index >= 15 is 0 Å². The predicted octanol–water partition coefficient (Wildman–Crippen LogP) is 3.26. The number of rotatable bonds is 6. The van der Waals surface area contributed by atoms with Crippen molar-refractivity contribution in [3.63, 3.8) is 0 Å². The summed E-state index contributed by atoms with van der Waals surface area (Å²) in [5.41, 5.74) is 1.40. The highest BCUT2D eigenvalue weighted by atomic mass is 35.5. The number of amides is 3. The van der Waals surface area contributed by atoms with Gasteiger partial charge in [0.05, 0.1) is 15.6 Å². The number of nitrogens with zero attached hydrogens (tertiary/aromatic N) is 1. The molecule has 2 aromatic rings. The minimum Gasteiger partial charge on any atom is -0.354 e. The zero-order valence-electron chi connectivity index (χ0n) is 15.8. The second-order valence-electron chi connectivity index (χ2n) is 6.77. The summed E-state index contributed by atoms with van der Waals surface area (Å²) < 4.78 is 0. The van der Waals surface area contributed by atoms with Crippen molar-refractivity contribution < 1.29 is 14.4 Å². The topological polar surface area (TPSA) is 78.5 Å². The van der Waals surface area contributed by atoms with Crippen LogP contribution in [-0.2, 0) is 22.6 Å². The van der Waals surface area contributed by atoms with Crippen molar-refractivity contribution in [2.45, 2.75) is 32.4 Å². The molecule has 0 fully saturated rings. The Morgan fingerprint density at radius 1 is 1.24 bits per heavy atom. The summed E-state index contributed by atoms with van der Waals surface area (Å²) in [4.78, 5) is 40.1. The number of nitrogens with one attached hydrogen (secondary N) is 2. The van der Waals surface area contributed by atoms with Crippen LogP contribution < -0.4 is 10.6 Å². The van der Waals surface area contributed by atoms with Crippen LogP contribution in [0.2, 0.25) is 10.0 Å². The molecule has 1 aromatic heterocycles. The van der Waals surface area contributed by atoms with Crippen LogP contribution >= 0.6 is 34.5 Å². The van der Waals surface area contributed by atoms with E-state index in [-0.39, 0.29) is 40.4 Å². The Morgan fingerprint density at radius 3 is 2.83 bits per heavy atom. The second-order valence-corrected chi connectivity index (χ2v) is 8.56. The largest absolute Gasteiger partial charge is 0.354 e. The molecule has 1 atom stereocenters. The van der Waals surface area contributed by atoms with Crippen LogP contribution in [0.1, 0.15) is 34.1 Å². The van der Waals surface area contributed by atoms with Gasteiger partial charge in [-0.1, -0.05) is 29.3 Å². The molecule has 1 unspecified atom stereocenters. The Labute approximate surface area is 183 Å². The highest BCUT2D eigenvalue weighted by molar-refractivity contribution is 7.10. The lowest BCUT2D eigenvalue weighted by Gasteiger charge is -2.27. The third kappa shape index (κ3) is 5.29. The number of carbonyl (C=O) groups is 3. The SMILES string of the molecule is CC(NC(=O)c1cccc(Cl)c1Cl)C(=O)NCCC(=O)N1CCc2sccc2C1. The summed E-state index contributed by atoms with van der Waals surface area (Å²) in [6.07, 6.45) is 1.09. The highest BCUT2D eigenvalue weighted by Gasteiger charge is 2.22. The molecule has 1 aliphatic heterocycles. The minimum absolute atomic E-state index is 0.00421. The van der Waals surface area contributed by atoms with Gasteiger partial charge in [-0.05, 0) is 42.5 Å². The van der Waals surface area contributed by atoms with Crippen LogP contribution in [0.5, 0.6) is 0 Å². The molecule has 0 spiro atoms.